The number of benzene rings is 3. The van der Waals surface area contributed by atoms with E-state index in [1.807, 2.05) is 36.4 Å². The zero-order valence-corrected chi connectivity index (χ0v) is 23.3. The van der Waals surface area contributed by atoms with E-state index in [1.54, 1.807) is 18.0 Å². The van der Waals surface area contributed by atoms with Crippen LogP contribution in [0.5, 0.6) is 11.5 Å². The molecule has 41 heavy (non-hydrogen) atoms. The molecule has 2 aromatic heterocycles. The molecule has 3 aromatic carbocycles. The average Bonchev–Trinajstić information content (AvgIpc) is 3.42. The lowest BCUT2D eigenvalue weighted by Crippen LogP contribution is -2.47. The van der Waals surface area contributed by atoms with Crippen LogP contribution in [0.15, 0.2) is 76.7 Å². The van der Waals surface area contributed by atoms with Crippen LogP contribution in [0.4, 0.5) is 14.6 Å². The molecule has 3 heterocycles. The number of fused-ring (bicyclic) bond motifs is 6. The second-order valence-corrected chi connectivity index (χ2v) is 12.6. The fourth-order valence-electron chi connectivity index (χ4n) is 6.99. The highest BCUT2D eigenvalue weighted by molar-refractivity contribution is 7.99. The van der Waals surface area contributed by atoms with E-state index in [0.29, 0.717) is 40.3 Å². The minimum atomic E-state index is -0.641. The molecule has 3 saturated carbocycles. The molecule has 5 nitrogen and oxygen atoms in total. The molecular weight excluding hydrogens is 538 g/mol. The highest BCUT2D eigenvalue weighted by Gasteiger charge is 2.41. The summed E-state index contributed by atoms with van der Waals surface area (Å²) in [6.07, 6.45) is 6.73. The maximum absolute atomic E-state index is 14.6. The maximum Gasteiger partial charge on any atom is 0.164 e. The van der Waals surface area contributed by atoms with E-state index in [2.05, 4.69) is 29.4 Å². The number of rotatable bonds is 4. The quantitative estimate of drug-likeness (QED) is 0.223. The van der Waals surface area contributed by atoms with Crippen LogP contribution >= 0.6 is 11.8 Å². The summed E-state index contributed by atoms with van der Waals surface area (Å²) in [5, 5.41) is 4.19. The molecule has 206 valence electrons. The van der Waals surface area contributed by atoms with Crippen LogP contribution < -0.4 is 10.1 Å². The van der Waals surface area contributed by atoms with Crippen LogP contribution in [-0.4, -0.2) is 21.0 Å². The maximum atomic E-state index is 14.6. The molecule has 4 aliphatic rings. The summed E-state index contributed by atoms with van der Waals surface area (Å²) in [5.74, 6) is 3.35. The number of H-pyrrole nitrogens is 1. The predicted octanol–water partition coefficient (Wildman–Crippen LogP) is 9.06. The summed E-state index contributed by atoms with van der Waals surface area (Å²) in [4.78, 5) is 14.9. The molecule has 0 amide bonds. The van der Waals surface area contributed by atoms with Crippen LogP contribution in [0, 0.1) is 29.4 Å². The molecule has 3 fully saturated rings. The van der Waals surface area contributed by atoms with Crippen molar-refractivity contribution in [1.29, 1.82) is 0 Å². The number of halogens is 2. The molecule has 2 atom stereocenters. The molecule has 9 rings (SSSR count). The van der Waals surface area contributed by atoms with Gasteiger partial charge in [0.15, 0.2) is 5.82 Å². The largest absolute Gasteiger partial charge is 0.455 e. The molecule has 0 radical (unpaired) electrons. The first-order valence-corrected chi connectivity index (χ1v) is 15.0. The van der Waals surface area contributed by atoms with Gasteiger partial charge in [-0.1, -0.05) is 36.9 Å². The molecular formula is C33H28F2N4OS. The predicted molar refractivity (Wildman–Crippen MR) is 157 cm³/mol. The van der Waals surface area contributed by atoms with Crippen molar-refractivity contribution in [2.24, 2.45) is 17.8 Å². The van der Waals surface area contributed by atoms with Gasteiger partial charge in [-0.05, 0) is 73.8 Å². The second-order valence-electron chi connectivity index (χ2n) is 11.5. The van der Waals surface area contributed by atoms with Gasteiger partial charge >= 0.3 is 0 Å². The Balaban J connectivity index is 1.23. The van der Waals surface area contributed by atoms with Crippen molar-refractivity contribution in [2.45, 2.75) is 48.4 Å². The molecule has 0 saturated heterocycles. The number of para-hydroxylation sites is 1. The van der Waals surface area contributed by atoms with Gasteiger partial charge in [-0.25, -0.2) is 18.7 Å². The number of anilines is 1. The van der Waals surface area contributed by atoms with Gasteiger partial charge in [0, 0.05) is 40.9 Å². The second kappa shape index (κ2) is 9.58. The summed E-state index contributed by atoms with van der Waals surface area (Å²) in [7, 11) is 0. The summed E-state index contributed by atoms with van der Waals surface area (Å²) >= 11 is 1.68. The molecule has 0 spiro atoms. The fraction of sp³-hybridized carbons (Fsp3) is 0.273. The van der Waals surface area contributed by atoms with Crippen molar-refractivity contribution in [2.75, 3.05) is 5.32 Å². The van der Waals surface area contributed by atoms with Crippen molar-refractivity contribution in [3.05, 3.63) is 78.5 Å². The van der Waals surface area contributed by atoms with Crippen molar-refractivity contribution in [3.63, 3.8) is 0 Å². The Hall–Kier alpha value is -3.91. The van der Waals surface area contributed by atoms with Gasteiger partial charge in [-0.2, -0.15) is 0 Å². The Bertz CT molecular complexity index is 1810. The smallest absolute Gasteiger partial charge is 0.164 e. The Morgan fingerprint density at radius 2 is 1.71 bits per heavy atom. The van der Waals surface area contributed by atoms with E-state index in [0.717, 1.165) is 44.7 Å². The number of hydrogen-bond donors (Lipinski definition) is 2. The first-order chi connectivity index (χ1) is 20.0. The van der Waals surface area contributed by atoms with Gasteiger partial charge in [0.05, 0.1) is 21.0 Å². The van der Waals surface area contributed by atoms with E-state index < -0.39 is 11.6 Å². The van der Waals surface area contributed by atoms with E-state index in [9.17, 15) is 8.78 Å². The third-order valence-corrected chi connectivity index (χ3v) is 10.3. The van der Waals surface area contributed by atoms with Crippen LogP contribution in [0.3, 0.4) is 0 Å². The molecule has 2 unspecified atom stereocenters. The minimum Gasteiger partial charge on any atom is -0.455 e. The first kappa shape index (κ1) is 24.9. The minimum absolute atomic E-state index is 0.237. The molecule has 2 bridgehead atoms. The van der Waals surface area contributed by atoms with E-state index in [-0.39, 0.29) is 5.52 Å². The van der Waals surface area contributed by atoms with Crippen molar-refractivity contribution in [3.8, 4) is 34.1 Å². The van der Waals surface area contributed by atoms with Gasteiger partial charge in [-0.15, -0.1) is 0 Å². The van der Waals surface area contributed by atoms with Crippen molar-refractivity contribution in [1.82, 2.24) is 15.0 Å². The fourth-order valence-corrected chi connectivity index (χ4v) is 7.92. The van der Waals surface area contributed by atoms with Crippen LogP contribution in [0.2, 0.25) is 0 Å². The number of aromatic nitrogens is 3. The number of ether oxygens (including phenoxy) is 1. The number of hydrogen-bond acceptors (Lipinski definition) is 5. The Morgan fingerprint density at radius 1 is 0.902 bits per heavy atom. The zero-order chi connectivity index (χ0) is 27.7. The van der Waals surface area contributed by atoms with Crippen molar-refractivity contribution >= 4 is 28.5 Å². The van der Waals surface area contributed by atoms with Gasteiger partial charge in [0.25, 0.3) is 0 Å². The lowest BCUT2D eigenvalue weighted by atomic mass is 9.62. The normalized spacial score (nSPS) is 22.7. The molecule has 5 aromatic rings. The lowest BCUT2D eigenvalue weighted by molar-refractivity contribution is 0.0928. The number of nitrogens with one attached hydrogen (secondary N) is 2. The number of nitrogens with zero attached hydrogens (tertiary/aromatic N) is 2. The monoisotopic (exact) mass is 566 g/mol. The van der Waals surface area contributed by atoms with Gasteiger partial charge in [0.1, 0.15) is 29.0 Å². The SMILES string of the molecule is CC1C2CCC(CC2)C1Nc1cc(-c2ccc3c(c2)Oc2ccccc2S3)nc(-c2c[nH]c3c(F)cc(F)cc23)n1. The molecule has 2 N–H and O–H groups in total. The molecule has 8 heteroatoms. The van der Waals surface area contributed by atoms with Crippen LogP contribution in [-0.2, 0) is 0 Å². The highest BCUT2D eigenvalue weighted by Crippen LogP contribution is 2.49. The zero-order valence-electron chi connectivity index (χ0n) is 22.5. The summed E-state index contributed by atoms with van der Waals surface area (Å²) < 4.78 is 35.1. The summed E-state index contributed by atoms with van der Waals surface area (Å²) in [6, 6.07) is 18.6. The Kier molecular flexibility index (Phi) is 5.81. The Morgan fingerprint density at radius 3 is 2.56 bits per heavy atom. The summed E-state index contributed by atoms with van der Waals surface area (Å²) in [5.41, 5.74) is 2.39. The van der Waals surface area contributed by atoms with E-state index in [1.165, 1.54) is 31.7 Å². The molecule has 1 aliphatic heterocycles. The van der Waals surface area contributed by atoms with E-state index in [4.69, 9.17) is 14.7 Å². The lowest BCUT2D eigenvalue weighted by Gasteiger charge is -2.47. The Labute approximate surface area is 240 Å². The van der Waals surface area contributed by atoms with Crippen LogP contribution in [0.25, 0.3) is 33.5 Å². The van der Waals surface area contributed by atoms with Crippen molar-refractivity contribution < 1.29 is 13.5 Å². The first-order valence-electron chi connectivity index (χ1n) is 14.2. The highest BCUT2D eigenvalue weighted by atomic mass is 32.2. The van der Waals surface area contributed by atoms with E-state index >= 15 is 0 Å². The van der Waals surface area contributed by atoms with Gasteiger partial charge in [0.2, 0.25) is 0 Å². The topological polar surface area (TPSA) is 62.8 Å². The third kappa shape index (κ3) is 4.27. The average molecular weight is 567 g/mol. The van der Waals surface area contributed by atoms with Gasteiger partial charge in [-0.3, -0.25) is 0 Å². The number of aromatic amines is 1. The van der Waals surface area contributed by atoms with Crippen LogP contribution in [0.1, 0.15) is 32.6 Å². The third-order valence-electron chi connectivity index (χ3n) is 9.15. The van der Waals surface area contributed by atoms with Gasteiger partial charge < -0.3 is 15.0 Å². The standard InChI is InChI=1S/C33H28F2N4OS/c1-17-18-6-8-19(9-7-18)31(17)38-30-15-25(20-10-11-29-27(12-20)40-26-4-2-3-5-28(26)41-29)37-33(39-30)23-16-36-32-22(23)13-21(34)14-24(32)35/h2-5,10-19,31,36H,6-9H2,1H3,(H,37,38,39). The summed E-state index contributed by atoms with van der Waals surface area (Å²) in [6.45, 7) is 2.35. The molecule has 3 aliphatic carbocycles.